The molecule has 0 spiro atoms. The van der Waals surface area contributed by atoms with E-state index < -0.39 is 0 Å². The second kappa shape index (κ2) is 5.73. The van der Waals surface area contributed by atoms with E-state index in [-0.39, 0.29) is 18.4 Å². The molecule has 4 heteroatoms. The van der Waals surface area contributed by atoms with Crippen LogP contribution in [-0.2, 0) is 4.79 Å². The highest BCUT2D eigenvalue weighted by Gasteiger charge is 2.51. The zero-order valence-corrected chi connectivity index (χ0v) is 13.7. The van der Waals surface area contributed by atoms with Gasteiger partial charge in [0.05, 0.1) is 0 Å². The van der Waals surface area contributed by atoms with Crippen molar-refractivity contribution in [3.05, 3.63) is 0 Å². The Kier molecular flexibility index (Phi) is 4.26. The number of carbonyl (C=O) groups is 1. The van der Waals surface area contributed by atoms with Crippen LogP contribution in [0, 0.1) is 23.2 Å². The zero-order chi connectivity index (χ0) is 13.7. The Bertz CT molecular complexity index is 376. The molecule has 5 fully saturated rings. The van der Waals surface area contributed by atoms with Gasteiger partial charge in [0.25, 0.3) is 0 Å². The predicted molar refractivity (Wildman–Crippen MR) is 86.3 cm³/mol. The van der Waals surface area contributed by atoms with E-state index in [9.17, 15) is 4.79 Å². The van der Waals surface area contributed by atoms with Gasteiger partial charge in [-0.1, -0.05) is 0 Å². The van der Waals surface area contributed by atoms with Gasteiger partial charge in [0.1, 0.15) is 0 Å². The number of hydrogen-bond acceptors (Lipinski definition) is 2. The fourth-order valence-electron chi connectivity index (χ4n) is 6.18. The zero-order valence-electron chi connectivity index (χ0n) is 12.9. The molecule has 1 unspecified atom stereocenters. The van der Waals surface area contributed by atoms with Gasteiger partial charge in [0.15, 0.2) is 0 Å². The summed E-state index contributed by atoms with van der Waals surface area (Å²) in [6, 6.07) is 0.212. The summed E-state index contributed by atoms with van der Waals surface area (Å²) in [5.74, 6) is 3.23. The van der Waals surface area contributed by atoms with Crippen molar-refractivity contribution in [1.29, 1.82) is 0 Å². The van der Waals surface area contributed by atoms with Crippen molar-refractivity contribution in [3.63, 3.8) is 0 Å². The fourth-order valence-corrected chi connectivity index (χ4v) is 6.18. The highest BCUT2D eigenvalue weighted by atomic mass is 35.5. The molecule has 5 rings (SSSR count). The van der Waals surface area contributed by atoms with Crippen molar-refractivity contribution in [2.24, 2.45) is 28.9 Å². The van der Waals surface area contributed by atoms with Crippen molar-refractivity contribution >= 4 is 18.3 Å². The summed E-state index contributed by atoms with van der Waals surface area (Å²) < 4.78 is 0. The van der Waals surface area contributed by atoms with Crippen molar-refractivity contribution in [2.45, 2.75) is 63.8 Å². The minimum Gasteiger partial charge on any atom is -0.341 e. The van der Waals surface area contributed by atoms with Crippen LogP contribution in [0.25, 0.3) is 0 Å². The molecule has 1 aliphatic heterocycles. The fraction of sp³-hybridized carbons (Fsp3) is 0.941. The molecule has 0 aromatic carbocycles. The molecule has 0 aromatic heterocycles. The normalized spacial score (nSPS) is 44.5. The third kappa shape index (κ3) is 2.96. The topological polar surface area (TPSA) is 46.3 Å². The number of nitrogens with zero attached hydrogens (tertiary/aromatic N) is 1. The van der Waals surface area contributed by atoms with Crippen LogP contribution in [0.3, 0.4) is 0 Å². The van der Waals surface area contributed by atoms with Crippen molar-refractivity contribution in [3.8, 4) is 0 Å². The van der Waals surface area contributed by atoms with Gasteiger partial charge in [-0.3, -0.25) is 4.79 Å². The first-order chi connectivity index (χ1) is 9.62. The smallest absolute Gasteiger partial charge is 0.223 e. The number of amides is 1. The van der Waals surface area contributed by atoms with Gasteiger partial charge in [-0.15, -0.1) is 12.4 Å². The number of hydrogen-bond donors (Lipinski definition) is 1. The van der Waals surface area contributed by atoms with Gasteiger partial charge < -0.3 is 10.6 Å². The van der Waals surface area contributed by atoms with Gasteiger partial charge in [0.2, 0.25) is 5.91 Å². The van der Waals surface area contributed by atoms with Crippen LogP contribution in [0.15, 0.2) is 0 Å². The highest BCUT2D eigenvalue weighted by Crippen LogP contribution is 2.61. The average molecular weight is 313 g/mol. The first-order valence-corrected chi connectivity index (χ1v) is 8.65. The Morgan fingerprint density at radius 2 is 1.67 bits per heavy atom. The number of nitrogens with two attached hydrogens (primary N) is 1. The number of piperidine rings is 1. The lowest BCUT2D eigenvalue weighted by atomic mass is 9.49. The van der Waals surface area contributed by atoms with E-state index in [4.69, 9.17) is 5.73 Å². The Labute approximate surface area is 134 Å². The molecule has 4 saturated carbocycles. The maximum absolute atomic E-state index is 12.7. The summed E-state index contributed by atoms with van der Waals surface area (Å²) in [5, 5.41) is 0. The Morgan fingerprint density at radius 3 is 2.19 bits per heavy atom. The molecule has 2 N–H and O–H groups in total. The SMILES string of the molecule is Cl.NC1CCCN(C(=O)CC23CC4CC(CC(C4)C2)C3)C1. The highest BCUT2D eigenvalue weighted by molar-refractivity contribution is 5.85. The minimum atomic E-state index is 0. The van der Waals surface area contributed by atoms with E-state index in [0.29, 0.717) is 11.3 Å². The summed E-state index contributed by atoms with van der Waals surface area (Å²) in [5.41, 5.74) is 6.41. The van der Waals surface area contributed by atoms with E-state index in [2.05, 4.69) is 4.90 Å². The third-order valence-electron chi connectivity index (χ3n) is 6.50. The van der Waals surface area contributed by atoms with Crippen molar-refractivity contribution in [2.75, 3.05) is 13.1 Å². The second-order valence-corrected chi connectivity index (χ2v) is 8.34. The lowest BCUT2D eigenvalue weighted by Crippen LogP contribution is -2.51. The molecule has 3 nitrogen and oxygen atoms in total. The van der Waals surface area contributed by atoms with Crippen LogP contribution in [0.1, 0.15) is 57.8 Å². The Balaban J connectivity index is 0.00000132. The lowest BCUT2D eigenvalue weighted by molar-refractivity contribution is -0.140. The van der Waals surface area contributed by atoms with Crippen LogP contribution in [0.2, 0.25) is 0 Å². The summed E-state index contributed by atoms with van der Waals surface area (Å²) in [6.45, 7) is 1.74. The van der Waals surface area contributed by atoms with Crippen LogP contribution in [-0.4, -0.2) is 29.9 Å². The molecular formula is C17H29ClN2O. The molecule has 0 radical (unpaired) electrons. The lowest BCUT2D eigenvalue weighted by Gasteiger charge is -2.57. The Hall–Kier alpha value is -0.280. The minimum absolute atomic E-state index is 0. The summed E-state index contributed by atoms with van der Waals surface area (Å²) in [7, 11) is 0. The van der Waals surface area contributed by atoms with Crippen LogP contribution in [0.4, 0.5) is 0 Å². The van der Waals surface area contributed by atoms with Crippen LogP contribution in [0.5, 0.6) is 0 Å². The molecule has 1 amide bonds. The molecule has 4 bridgehead atoms. The molecule has 1 atom stereocenters. The average Bonchev–Trinajstić information content (AvgIpc) is 2.36. The van der Waals surface area contributed by atoms with Crippen LogP contribution >= 0.6 is 12.4 Å². The molecule has 21 heavy (non-hydrogen) atoms. The maximum atomic E-state index is 12.7. The second-order valence-electron chi connectivity index (χ2n) is 8.34. The van der Waals surface area contributed by atoms with Gasteiger partial charge in [-0.25, -0.2) is 0 Å². The molecule has 120 valence electrons. The summed E-state index contributed by atoms with van der Waals surface area (Å²) in [4.78, 5) is 14.8. The van der Waals surface area contributed by atoms with E-state index >= 15 is 0 Å². The van der Waals surface area contributed by atoms with E-state index in [1.807, 2.05) is 0 Å². The predicted octanol–water partition coefficient (Wildman–Crippen LogP) is 2.96. The quantitative estimate of drug-likeness (QED) is 0.852. The molecule has 4 aliphatic carbocycles. The van der Waals surface area contributed by atoms with Gasteiger partial charge in [-0.2, -0.15) is 0 Å². The summed E-state index contributed by atoms with van der Waals surface area (Å²) in [6.07, 6.45) is 11.4. The molecule has 1 heterocycles. The number of halogens is 1. The molecular weight excluding hydrogens is 284 g/mol. The summed E-state index contributed by atoms with van der Waals surface area (Å²) >= 11 is 0. The van der Waals surface area contributed by atoms with Crippen molar-refractivity contribution < 1.29 is 4.79 Å². The third-order valence-corrected chi connectivity index (χ3v) is 6.50. The molecule has 5 aliphatic rings. The van der Waals surface area contributed by atoms with Crippen molar-refractivity contribution in [1.82, 2.24) is 4.90 Å². The van der Waals surface area contributed by atoms with E-state index in [0.717, 1.165) is 50.1 Å². The largest absolute Gasteiger partial charge is 0.341 e. The van der Waals surface area contributed by atoms with E-state index in [1.54, 1.807) is 0 Å². The van der Waals surface area contributed by atoms with Gasteiger partial charge in [-0.05, 0) is 74.5 Å². The number of likely N-dealkylation sites (tertiary alicyclic amines) is 1. The van der Waals surface area contributed by atoms with Gasteiger partial charge >= 0.3 is 0 Å². The van der Waals surface area contributed by atoms with E-state index in [1.165, 1.54) is 38.5 Å². The maximum Gasteiger partial charge on any atom is 0.223 e. The number of carbonyl (C=O) groups excluding carboxylic acids is 1. The van der Waals surface area contributed by atoms with Crippen LogP contribution < -0.4 is 5.73 Å². The Morgan fingerprint density at radius 1 is 1.10 bits per heavy atom. The first kappa shape index (κ1) is 15.6. The number of rotatable bonds is 2. The van der Waals surface area contributed by atoms with Gasteiger partial charge in [0, 0.05) is 25.6 Å². The standard InChI is InChI=1S/C17H28N2O.ClH/c18-15-2-1-3-19(11-15)16(20)10-17-7-12-4-13(8-17)6-14(5-12)9-17;/h12-15H,1-11,18H2;1H. The monoisotopic (exact) mass is 312 g/mol. The molecule has 1 saturated heterocycles. The first-order valence-electron chi connectivity index (χ1n) is 8.65. The molecule has 0 aromatic rings.